The Labute approximate surface area is 227 Å². The van der Waals surface area contributed by atoms with Crippen LogP contribution in [0.15, 0.2) is 53.3 Å². The van der Waals surface area contributed by atoms with Crippen molar-refractivity contribution in [3.05, 3.63) is 58.9 Å². The summed E-state index contributed by atoms with van der Waals surface area (Å²) in [4.78, 5) is 36.3. The van der Waals surface area contributed by atoms with Gasteiger partial charge in [0.1, 0.15) is 5.82 Å². The van der Waals surface area contributed by atoms with Crippen molar-refractivity contribution in [2.45, 2.75) is 110 Å². The summed E-state index contributed by atoms with van der Waals surface area (Å²) in [5, 5.41) is 15.0. The molecule has 7 heteroatoms. The maximum absolute atomic E-state index is 12.4. The number of carbonyl (C=O) groups is 2. The highest BCUT2D eigenvalue weighted by atomic mass is 16.4. The number of aliphatic carboxylic acids is 1. The molecule has 1 atom stereocenters. The summed E-state index contributed by atoms with van der Waals surface area (Å²) in [6, 6.07) is 10.3. The largest absolute Gasteiger partial charge is 0.481 e. The number of benzene rings is 1. The van der Waals surface area contributed by atoms with Gasteiger partial charge in [-0.25, -0.2) is 4.68 Å². The Balaban J connectivity index is 1.56. The summed E-state index contributed by atoms with van der Waals surface area (Å²) in [6.45, 7) is 2.26. The number of anilines is 1. The van der Waals surface area contributed by atoms with Crippen molar-refractivity contribution < 1.29 is 14.7 Å². The first-order chi connectivity index (χ1) is 18.5. The number of amides is 1. The van der Waals surface area contributed by atoms with Crippen molar-refractivity contribution in [3.8, 4) is 5.69 Å². The summed E-state index contributed by atoms with van der Waals surface area (Å²) in [5.41, 5.74) is 0.350. The van der Waals surface area contributed by atoms with Crippen molar-refractivity contribution >= 4 is 17.7 Å². The second-order valence-electron chi connectivity index (χ2n) is 10.2. The van der Waals surface area contributed by atoms with E-state index >= 15 is 0 Å². The molecule has 0 radical (unpaired) electrons. The molecule has 1 amide bonds. The number of carboxylic acids is 1. The zero-order chi connectivity index (χ0) is 27.4. The number of aromatic amines is 1. The molecule has 1 heterocycles. The van der Waals surface area contributed by atoms with Gasteiger partial charge >= 0.3 is 5.97 Å². The number of allylic oxidation sites excluding steroid dienone is 2. The number of carbonyl (C=O) groups excluding carboxylic acids is 1. The van der Waals surface area contributed by atoms with Crippen LogP contribution < -0.4 is 10.9 Å². The third kappa shape index (κ3) is 12.9. The zero-order valence-electron chi connectivity index (χ0n) is 23.1. The van der Waals surface area contributed by atoms with Gasteiger partial charge in [-0.05, 0) is 44.2 Å². The Morgan fingerprint density at radius 3 is 2.08 bits per heavy atom. The number of H-pyrrole nitrogens is 1. The van der Waals surface area contributed by atoms with Crippen LogP contribution in [-0.4, -0.2) is 26.8 Å². The van der Waals surface area contributed by atoms with E-state index in [9.17, 15) is 19.5 Å². The summed E-state index contributed by atoms with van der Waals surface area (Å²) >= 11 is 0. The van der Waals surface area contributed by atoms with Crippen LogP contribution in [0, 0.1) is 5.92 Å². The van der Waals surface area contributed by atoms with E-state index in [1.807, 2.05) is 18.2 Å². The van der Waals surface area contributed by atoms with E-state index in [0.29, 0.717) is 12.1 Å². The van der Waals surface area contributed by atoms with Gasteiger partial charge in [-0.1, -0.05) is 101 Å². The molecule has 3 N–H and O–H groups in total. The summed E-state index contributed by atoms with van der Waals surface area (Å²) < 4.78 is 1.33. The molecule has 0 spiro atoms. The molecular weight excluding hydrogens is 478 g/mol. The quantitative estimate of drug-likeness (QED) is 0.115. The van der Waals surface area contributed by atoms with E-state index < -0.39 is 17.8 Å². The van der Waals surface area contributed by atoms with Crippen LogP contribution in [0.4, 0.5) is 5.82 Å². The number of nitrogens with one attached hydrogen (secondary N) is 2. The Morgan fingerprint density at radius 1 is 0.895 bits per heavy atom. The van der Waals surface area contributed by atoms with Gasteiger partial charge in [-0.2, -0.15) is 0 Å². The molecule has 0 saturated heterocycles. The third-order valence-corrected chi connectivity index (χ3v) is 6.85. The predicted molar refractivity (Wildman–Crippen MR) is 155 cm³/mol. The van der Waals surface area contributed by atoms with Crippen LogP contribution in [0.1, 0.15) is 110 Å². The van der Waals surface area contributed by atoms with Crippen molar-refractivity contribution in [1.82, 2.24) is 9.78 Å². The second-order valence-corrected chi connectivity index (χ2v) is 10.2. The fourth-order valence-electron chi connectivity index (χ4n) is 4.60. The van der Waals surface area contributed by atoms with E-state index in [2.05, 4.69) is 29.5 Å². The fourth-order valence-corrected chi connectivity index (χ4v) is 4.60. The standard InChI is InChI=1S/C31H47N3O4/c1-2-3-4-5-6-7-8-9-10-11-12-13-14-15-16-18-21-26(31(37)38)24-29(35)32-28-25-30(36)34(33-28)27-22-19-17-20-23-27/h12-13,17,19-20,22-23,25-26,33H,2-11,14-16,18,21,24H2,1H3,(H,32,35)(H,37,38). The first-order valence-electron chi connectivity index (χ1n) is 14.6. The number of hydrogen-bond donors (Lipinski definition) is 3. The lowest BCUT2D eigenvalue weighted by Crippen LogP contribution is -2.22. The lowest BCUT2D eigenvalue weighted by Gasteiger charge is -2.11. The van der Waals surface area contributed by atoms with Crippen LogP contribution in [-0.2, 0) is 9.59 Å². The molecule has 0 aliphatic rings. The molecule has 1 unspecified atom stereocenters. The minimum atomic E-state index is -0.962. The van der Waals surface area contributed by atoms with Crippen molar-refractivity contribution in [3.63, 3.8) is 0 Å². The average molecular weight is 526 g/mol. The monoisotopic (exact) mass is 525 g/mol. The molecule has 7 nitrogen and oxygen atoms in total. The number of rotatable bonds is 21. The molecule has 0 saturated carbocycles. The highest BCUT2D eigenvalue weighted by Gasteiger charge is 2.21. The Hall–Kier alpha value is -3.09. The summed E-state index contributed by atoms with van der Waals surface area (Å²) in [7, 11) is 0. The van der Waals surface area contributed by atoms with Gasteiger partial charge in [0.05, 0.1) is 11.6 Å². The lowest BCUT2D eigenvalue weighted by atomic mass is 9.97. The first kappa shape index (κ1) is 31.1. The van der Waals surface area contributed by atoms with Crippen LogP contribution in [0.2, 0.25) is 0 Å². The van der Waals surface area contributed by atoms with Crippen molar-refractivity contribution in [1.29, 1.82) is 0 Å². The lowest BCUT2D eigenvalue weighted by molar-refractivity contribution is -0.143. The summed E-state index contributed by atoms with van der Waals surface area (Å²) in [5.74, 6) is -1.86. The highest BCUT2D eigenvalue weighted by molar-refractivity contribution is 5.92. The minimum absolute atomic E-state index is 0.119. The molecule has 2 aromatic rings. The van der Waals surface area contributed by atoms with Gasteiger partial charge in [0.25, 0.3) is 5.56 Å². The Bertz CT molecular complexity index is 1010. The number of para-hydroxylation sites is 1. The van der Waals surface area contributed by atoms with Gasteiger partial charge in [-0.3, -0.25) is 19.5 Å². The zero-order valence-corrected chi connectivity index (χ0v) is 23.1. The molecule has 0 fully saturated rings. The van der Waals surface area contributed by atoms with Crippen LogP contribution in [0.25, 0.3) is 5.69 Å². The smallest absolute Gasteiger partial charge is 0.307 e. The molecule has 1 aromatic carbocycles. The van der Waals surface area contributed by atoms with E-state index in [4.69, 9.17) is 0 Å². The average Bonchev–Trinajstić information content (AvgIpc) is 3.27. The molecule has 0 aliphatic carbocycles. The third-order valence-electron chi connectivity index (χ3n) is 6.85. The normalized spacial score (nSPS) is 12.1. The highest BCUT2D eigenvalue weighted by Crippen LogP contribution is 2.17. The van der Waals surface area contributed by atoms with Crippen molar-refractivity contribution in [2.24, 2.45) is 5.92 Å². The molecule has 38 heavy (non-hydrogen) atoms. The van der Waals surface area contributed by atoms with Gasteiger partial charge in [-0.15, -0.1) is 0 Å². The Morgan fingerprint density at radius 2 is 1.47 bits per heavy atom. The van der Waals surface area contributed by atoms with E-state index in [1.165, 1.54) is 68.5 Å². The van der Waals surface area contributed by atoms with E-state index in [0.717, 1.165) is 32.1 Å². The fraction of sp³-hybridized carbons (Fsp3) is 0.581. The van der Waals surface area contributed by atoms with Crippen LogP contribution >= 0.6 is 0 Å². The molecule has 0 bridgehead atoms. The van der Waals surface area contributed by atoms with E-state index in [1.54, 1.807) is 12.1 Å². The van der Waals surface area contributed by atoms with E-state index in [-0.39, 0.29) is 17.8 Å². The van der Waals surface area contributed by atoms with Gasteiger partial charge in [0, 0.05) is 12.5 Å². The first-order valence-corrected chi connectivity index (χ1v) is 14.6. The number of hydrogen-bond acceptors (Lipinski definition) is 3. The number of carboxylic acid groups (broad SMARTS) is 1. The van der Waals surface area contributed by atoms with Gasteiger partial charge in [0.2, 0.25) is 5.91 Å². The van der Waals surface area contributed by atoms with Gasteiger partial charge < -0.3 is 10.4 Å². The maximum Gasteiger partial charge on any atom is 0.307 e. The Kier molecular flexibility index (Phi) is 15.6. The second kappa shape index (κ2) is 19.0. The number of aromatic nitrogens is 2. The van der Waals surface area contributed by atoms with Crippen molar-refractivity contribution in [2.75, 3.05) is 5.32 Å². The van der Waals surface area contributed by atoms with Crippen LogP contribution in [0.5, 0.6) is 0 Å². The molecule has 210 valence electrons. The number of unbranched alkanes of at least 4 members (excludes halogenated alkanes) is 12. The molecule has 2 rings (SSSR count). The molecule has 0 aliphatic heterocycles. The predicted octanol–water partition coefficient (Wildman–Crippen LogP) is 7.62. The van der Waals surface area contributed by atoms with Gasteiger partial charge in [0.15, 0.2) is 0 Å². The SMILES string of the molecule is CCCCCCCCCCCC=CCCCCCC(CC(=O)Nc1cc(=O)n(-c2ccccc2)[nH]1)C(=O)O. The molecular formula is C31H47N3O4. The topological polar surface area (TPSA) is 104 Å². The minimum Gasteiger partial charge on any atom is -0.481 e. The molecule has 1 aromatic heterocycles. The maximum atomic E-state index is 12.4. The number of nitrogens with zero attached hydrogens (tertiary/aromatic N) is 1. The summed E-state index contributed by atoms with van der Waals surface area (Å²) in [6.07, 6.45) is 21.9. The van der Waals surface area contributed by atoms with Crippen LogP contribution in [0.3, 0.4) is 0 Å².